The molecule has 2 N–H and O–H groups in total. The zero-order valence-electron chi connectivity index (χ0n) is 16.7. The van der Waals surface area contributed by atoms with Crippen LogP contribution < -0.4 is 19.5 Å². The lowest BCUT2D eigenvalue weighted by Crippen LogP contribution is -2.20. The summed E-state index contributed by atoms with van der Waals surface area (Å²) in [5.74, 6) is -0.154. The molecule has 0 spiro atoms. The van der Waals surface area contributed by atoms with Gasteiger partial charge in [-0.25, -0.2) is 12.8 Å². The number of nitrogens with one attached hydrogen (secondary N) is 2. The first-order valence-corrected chi connectivity index (χ1v) is 10.9. The van der Waals surface area contributed by atoms with E-state index in [0.717, 1.165) is 0 Å². The quantitative estimate of drug-likeness (QED) is 0.520. The van der Waals surface area contributed by atoms with Crippen molar-refractivity contribution in [3.05, 3.63) is 78.6 Å². The molecule has 0 saturated heterocycles. The molecule has 0 radical (unpaired) electrons. The molecular formula is C22H21FN2O5S. The number of benzene rings is 3. The Kier molecular flexibility index (Phi) is 7.09. The number of ether oxygens (including phenoxy) is 2. The van der Waals surface area contributed by atoms with E-state index >= 15 is 0 Å². The van der Waals surface area contributed by atoms with Gasteiger partial charge < -0.3 is 14.8 Å². The number of carbonyl (C=O) groups is 1. The maximum Gasteiger partial charge on any atom is 0.262 e. The molecule has 31 heavy (non-hydrogen) atoms. The van der Waals surface area contributed by atoms with Crippen molar-refractivity contribution in [1.29, 1.82) is 0 Å². The standard InChI is InChI=1S/C22H21FN2O5S/c1-2-29-17-9-7-16(8-10-17)25-31(27,28)19-13-11-18(12-14-19)30-15-22(26)24-21-6-4-3-5-20(21)23/h3-14,25H,2,15H2,1H3,(H,24,26). The van der Waals surface area contributed by atoms with E-state index in [1.165, 1.54) is 42.5 Å². The number of hydrogen-bond donors (Lipinski definition) is 2. The molecule has 0 aliphatic rings. The Morgan fingerprint density at radius 3 is 2.16 bits per heavy atom. The van der Waals surface area contributed by atoms with Crippen molar-refractivity contribution in [2.75, 3.05) is 23.3 Å². The third kappa shape index (κ3) is 6.19. The van der Waals surface area contributed by atoms with Crippen LogP contribution in [0.5, 0.6) is 11.5 Å². The minimum Gasteiger partial charge on any atom is -0.494 e. The normalized spacial score (nSPS) is 10.9. The van der Waals surface area contributed by atoms with Crippen molar-refractivity contribution >= 4 is 27.3 Å². The molecule has 0 aliphatic heterocycles. The second-order valence-electron chi connectivity index (χ2n) is 6.35. The molecule has 0 heterocycles. The fraction of sp³-hybridized carbons (Fsp3) is 0.136. The number of sulfonamides is 1. The number of halogens is 1. The predicted molar refractivity (Wildman–Crippen MR) is 115 cm³/mol. The lowest BCUT2D eigenvalue weighted by atomic mass is 10.3. The average molecular weight is 444 g/mol. The van der Waals surface area contributed by atoms with Crippen molar-refractivity contribution in [3.8, 4) is 11.5 Å². The minimum absolute atomic E-state index is 0.0320. The fourth-order valence-corrected chi connectivity index (χ4v) is 3.67. The number of hydrogen-bond acceptors (Lipinski definition) is 5. The Balaban J connectivity index is 1.57. The third-order valence-corrected chi connectivity index (χ3v) is 5.47. The van der Waals surface area contributed by atoms with Gasteiger partial charge in [0.25, 0.3) is 15.9 Å². The van der Waals surface area contributed by atoms with Crippen LogP contribution in [-0.2, 0) is 14.8 Å². The van der Waals surface area contributed by atoms with Crippen molar-refractivity contribution in [1.82, 2.24) is 0 Å². The van der Waals surface area contributed by atoms with Gasteiger partial charge in [0.05, 0.1) is 17.2 Å². The maximum absolute atomic E-state index is 13.6. The highest BCUT2D eigenvalue weighted by molar-refractivity contribution is 7.92. The molecule has 162 valence electrons. The number of amides is 1. The Hall–Kier alpha value is -3.59. The smallest absolute Gasteiger partial charge is 0.262 e. The molecule has 0 fully saturated rings. The second kappa shape index (κ2) is 9.94. The zero-order valence-corrected chi connectivity index (χ0v) is 17.5. The molecule has 3 aromatic rings. The first-order chi connectivity index (χ1) is 14.9. The van der Waals surface area contributed by atoms with Crippen molar-refractivity contribution in [2.45, 2.75) is 11.8 Å². The topological polar surface area (TPSA) is 93.7 Å². The van der Waals surface area contributed by atoms with Crippen molar-refractivity contribution in [2.24, 2.45) is 0 Å². The van der Waals surface area contributed by atoms with Crippen LogP contribution >= 0.6 is 0 Å². The highest BCUT2D eigenvalue weighted by Crippen LogP contribution is 2.21. The first kappa shape index (κ1) is 22.1. The van der Waals surface area contributed by atoms with Crippen LogP contribution in [0.2, 0.25) is 0 Å². The maximum atomic E-state index is 13.6. The van der Waals surface area contributed by atoms with E-state index in [1.807, 2.05) is 6.92 Å². The predicted octanol–water partition coefficient (Wildman–Crippen LogP) is 4.04. The van der Waals surface area contributed by atoms with Gasteiger partial charge in [0.2, 0.25) is 0 Å². The molecule has 3 aromatic carbocycles. The summed E-state index contributed by atoms with van der Waals surface area (Å²) in [4.78, 5) is 11.9. The van der Waals surface area contributed by atoms with Gasteiger partial charge in [0.15, 0.2) is 6.61 Å². The molecule has 0 atom stereocenters. The van der Waals surface area contributed by atoms with Gasteiger partial charge in [0, 0.05) is 5.69 Å². The van der Waals surface area contributed by atoms with E-state index in [-0.39, 0.29) is 17.2 Å². The van der Waals surface area contributed by atoms with Crippen molar-refractivity contribution < 1.29 is 27.1 Å². The van der Waals surface area contributed by atoms with Gasteiger partial charge in [-0.15, -0.1) is 0 Å². The fourth-order valence-electron chi connectivity index (χ4n) is 2.61. The van der Waals surface area contributed by atoms with E-state index in [9.17, 15) is 17.6 Å². The highest BCUT2D eigenvalue weighted by atomic mass is 32.2. The van der Waals surface area contributed by atoms with Gasteiger partial charge in [-0.3, -0.25) is 9.52 Å². The third-order valence-electron chi connectivity index (χ3n) is 4.07. The Morgan fingerprint density at radius 1 is 0.903 bits per heavy atom. The highest BCUT2D eigenvalue weighted by Gasteiger charge is 2.15. The molecule has 7 nitrogen and oxygen atoms in total. The summed E-state index contributed by atoms with van der Waals surface area (Å²) in [6, 6.07) is 17.9. The summed E-state index contributed by atoms with van der Waals surface area (Å²) in [6.07, 6.45) is 0. The number of rotatable bonds is 9. The summed E-state index contributed by atoms with van der Waals surface area (Å²) < 4.78 is 51.8. The molecular weight excluding hydrogens is 423 g/mol. The van der Waals surface area contributed by atoms with Gasteiger partial charge in [-0.1, -0.05) is 12.1 Å². The summed E-state index contributed by atoms with van der Waals surface area (Å²) in [5, 5.41) is 2.40. The van der Waals surface area contributed by atoms with Crippen LogP contribution in [0.1, 0.15) is 6.92 Å². The molecule has 0 saturated carbocycles. The number of para-hydroxylation sites is 1. The van der Waals surface area contributed by atoms with Crippen LogP contribution in [0.25, 0.3) is 0 Å². The van der Waals surface area contributed by atoms with E-state index in [1.54, 1.807) is 30.3 Å². The van der Waals surface area contributed by atoms with Gasteiger partial charge in [0.1, 0.15) is 17.3 Å². The van der Waals surface area contributed by atoms with Gasteiger partial charge >= 0.3 is 0 Å². The summed E-state index contributed by atoms with van der Waals surface area (Å²) in [6.45, 7) is 2.02. The SMILES string of the molecule is CCOc1ccc(NS(=O)(=O)c2ccc(OCC(=O)Nc3ccccc3F)cc2)cc1. The average Bonchev–Trinajstić information content (AvgIpc) is 2.76. The zero-order chi connectivity index (χ0) is 22.3. The van der Waals surface area contributed by atoms with Crippen molar-refractivity contribution in [3.63, 3.8) is 0 Å². The number of carbonyl (C=O) groups excluding carboxylic acids is 1. The Bertz CT molecular complexity index is 1130. The lowest BCUT2D eigenvalue weighted by Gasteiger charge is -2.11. The largest absolute Gasteiger partial charge is 0.494 e. The molecule has 3 rings (SSSR count). The van der Waals surface area contributed by atoms with Crippen LogP contribution in [-0.4, -0.2) is 27.5 Å². The molecule has 9 heteroatoms. The van der Waals surface area contributed by atoms with Crippen LogP contribution in [0.15, 0.2) is 77.7 Å². The second-order valence-corrected chi connectivity index (χ2v) is 8.03. The molecule has 0 bridgehead atoms. The van der Waals surface area contributed by atoms with Gasteiger partial charge in [-0.2, -0.15) is 0 Å². The molecule has 0 unspecified atom stereocenters. The summed E-state index contributed by atoms with van der Waals surface area (Å²) >= 11 is 0. The minimum atomic E-state index is -3.80. The number of anilines is 2. The van der Waals surface area contributed by atoms with Crippen LogP contribution in [0.4, 0.5) is 15.8 Å². The molecule has 1 amide bonds. The van der Waals surface area contributed by atoms with E-state index < -0.39 is 21.7 Å². The van der Waals surface area contributed by atoms with E-state index in [4.69, 9.17) is 9.47 Å². The van der Waals surface area contributed by atoms with Crippen LogP contribution in [0, 0.1) is 5.82 Å². The lowest BCUT2D eigenvalue weighted by molar-refractivity contribution is -0.118. The Labute approximate surface area is 179 Å². The molecule has 0 aliphatic carbocycles. The van der Waals surface area contributed by atoms with E-state index in [2.05, 4.69) is 10.0 Å². The monoisotopic (exact) mass is 444 g/mol. The summed E-state index contributed by atoms with van der Waals surface area (Å²) in [7, 11) is -3.80. The Morgan fingerprint density at radius 2 is 1.52 bits per heavy atom. The molecule has 0 aromatic heterocycles. The first-order valence-electron chi connectivity index (χ1n) is 9.40. The summed E-state index contributed by atoms with van der Waals surface area (Å²) in [5.41, 5.74) is 0.450. The van der Waals surface area contributed by atoms with Gasteiger partial charge in [-0.05, 0) is 67.6 Å². The van der Waals surface area contributed by atoms with Crippen LogP contribution in [0.3, 0.4) is 0 Å². The van der Waals surface area contributed by atoms with E-state index in [0.29, 0.717) is 23.8 Å².